The number of fused-ring (bicyclic) bond motifs is 1. The lowest BCUT2D eigenvalue weighted by atomic mass is 10.0. The lowest BCUT2D eigenvalue weighted by Gasteiger charge is -2.16. The van der Waals surface area contributed by atoms with Crippen molar-refractivity contribution in [3.05, 3.63) is 29.8 Å². The number of rotatable bonds is 6. The summed E-state index contributed by atoms with van der Waals surface area (Å²) < 4.78 is 24.4. The fraction of sp³-hybridized carbons (Fsp3) is 0.529. The van der Waals surface area contributed by atoms with Gasteiger partial charge in [0, 0.05) is 12.1 Å². The van der Waals surface area contributed by atoms with Crippen LogP contribution in [0.3, 0.4) is 0 Å². The Morgan fingerprint density at radius 3 is 2.84 bits per heavy atom. The van der Waals surface area contributed by atoms with E-state index in [1.54, 1.807) is 0 Å². The zero-order chi connectivity index (χ0) is 18.0. The van der Waals surface area contributed by atoms with Crippen LogP contribution in [0.2, 0.25) is 0 Å². The molecule has 0 unspecified atom stereocenters. The Balaban J connectivity index is 1.45. The fourth-order valence-electron chi connectivity index (χ4n) is 3.58. The van der Waals surface area contributed by atoms with Crippen molar-refractivity contribution in [2.75, 3.05) is 11.1 Å². The molecule has 0 spiro atoms. The summed E-state index contributed by atoms with van der Waals surface area (Å²) in [5, 5.41) is 7.64. The molecular weight excluding hydrogens is 342 g/mol. The molecule has 2 aliphatic rings. The minimum Gasteiger partial charge on any atom is -0.332 e. The summed E-state index contributed by atoms with van der Waals surface area (Å²) in [5.74, 6) is -0.0804. The van der Waals surface area contributed by atoms with E-state index in [4.69, 9.17) is 0 Å². The van der Waals surface area contributed by atoms with Crippen LogP contribution in [0.25, 0.3) is 0 Å². The standard InChI is InChI=1S/C17H23N3O4S/c1-11-5-4-6-12(9-11)18-15(21)8-3-2-7-14-16-13(10-25(14,23)24)19-17(22)20-16/h4-6,9,13-14,16H,2-3,7-8,10H2,1H3,(H,18,21)(H2,19,20,22)/t13-,14-,16+/m1/s1. The van der Waals surface area contributed by atoms with Gasteiger partial charge in [0.2, 0.25) is 5.91 Å². The highest BCUT2D eigenvalue weighted by molar-refractivity contribution is 7.92. The van der Waals surface area contributed by atoms with Crippen LogP contribution in [0.1, 0.15) is 31.2 Å². The van der Waals surface area contributed by atoms with Gasteiger partial charge >= 0.3 is 6.03 Å². The Bertz CT molecular complexity index is 778. The maximum absolute atomic E-state index is 12.2. The molecule has 0 radical (unpaired) electrons. The highest BCUT2D eigenvalue weighted by Crippen LogP contribution is 2.28. The minimum atomic E-state index is -3.20. The van der Waals surface area contributed by atoms with Gasteiger partial charge in [-0.3, -0.25) is 4.79 Å². The van der Waals surface area contributed by atoms with E-state index in [0.717, 1.165) is 11.3 Å². The van der Waals surface area contributed by atoms with E-state index in [2.05, 4.69) is 16.0 Å². The number of carbonyl (C=O) groups excluding carboxylic acids is 2. The normalized spacial score (nSPS) is 26.6. The van der Waals surface area contributed by atoms with Crippen molar-refractivity contribution in [1.82, 2.24) is 10.6 Å². The van der Waals surface area contributed by atoms with E-state index < -0.39 is 15.1 Å². The molecule has 1 aromatic carbocycles. The number of nitrogens with one attached hydrogen (secondary N) is 3. The van der Waals surface area contributed by atoms with Crippen molar-refractivity contribution in [2.24, 2.45) is 0 Å². The minimum absolute atomic E-state index is 0.00504. The summed E-state index contributed by atoms with van der Waals surface area (Å²) in [6, 6.07) is 6.61. The van der Waals surface area contributed by atoms with Crippen LogP contribution in [-0.4, -0.2) is 43.4 Å². The molecule has 0 bridgehead atoms. The summed E-state index contributed by atoms with van der Waals surface area (Å²) >= 11 is 0. The number of amides is 3. The number of aryl methyl sites for hydroxylation is 1. The molecule has 2 aliphatic heterocycles. The number of urea groups is 1. The number of hydrogen-bond donors (Lipinski definition) is 3. The number of hydrogen-bond acceptors (Lipinski definition) is 4. The van der Waals surface area contributed by atoms with E-state index in [1.807, 2.05) is 31.2 Å². The van der Waals surface area contributed by atoms with Crippen molar-refractivity contribution in [3.8, 4) is 0 Å². The lowest BCUT2D eigenvalue weighted by molar-refractivity contribution is -0.116. The van der Waals surface area contributed by atoms with Crippen molar-refractivity contribution in [2.45, 2.75) is 49.9 Å². The van der Waals surface area contributed by atoms with Crippen molar-refractivity contribution in [1.29, 1.82) is 0 Å². The molecular formula is C17H23N3O4S. The summed E-state index contributed by atoms with van der Waals surface area (Å²) in [5.41, 5.74) is 1.84. The molecule has 2 heterocycles. The Labute approximate surface area is 147 Å². The Morgan fingerprint density at radius 2 is 2.08 bits per heavy atom. The monoisotopic (exact) mass is 365 g/mol. The molecule has 0 aromatic heterocycles. The summed E-state index contributed by atoms with van der Waals surface area (Å²) in [7, 11) is -3.20. The van der Waals surface area contributed by atoms with Crippen molar-refractivity contribution < 1.29 is 18.0 Å². The molecule has 2 saturated heterocycles. The second kappa shape index (κ2) is 7.03. The lowest BCUT2D eigenvalue weighted by Crippen LogP contribution is -2.39. The van der Waals surface area contributed by atoms with Crippen LogP contribution in [-0.2, 0) is 14.6 Å². The zero-order valence-corrected chi connectivity index (χ0v) is 14.9. The first-order chi connectivity index (χ1) is 11.8. The second-order valence-electron chi connectivity index (χ2n) is 6.78. The van der Waals surface area contributed by atoms with Crippen molar-refractivity contribution in [3.63, 3.8) is 0 Å². The van der Waals surface area contributed by atoms with Gasteiger partial charge in [0.15, 0.2) is 9.84 Å². The number of sulfone groups is 1. The van der Waals surface area contributed by atoms with Crippen LogP contribution in [0.4, 0.5) is 10.5 Å². The molecule has 3 N–H and O–H groups in total. The maximum atomic E-state index is 12.2. The molecule has 1 aromatic rings. The predicted octanol–water partition coefficient (Wildman–Crippen LogP) is 1.34. The van der Waals surface area contributed by atoms with Gasteiger partial charge in [-0.1, -0.05) is 18.6 Å². The Morgan fingerprint density at radius 1 is 1.28 bits per heavy atom. The third-order valence-electron chi connectivity index (χ3n) is 4.77. The van der Waals surface area contributed by atoms with E-state index in [0.29, 0.717) is 25.7 Å². The van der Waals surface area contributed by atoms with Gasteiger partial charge in [-0.25, -0.2) is 13.2 Å². The maximum Gasteiger partial charge on any atom is 0.315 e. The Kier molecular flexibility index (Phi) is 4.99. The first kappa shape index (κ1) is 17.7. The van der Waals surface area contributed by atoms with E-state index in [-0.39, 0.29) is 29.8 Å². The SMILES string of the molecule is Cc1cccc(NC(=O)CCCC[C@@H]2[C@H]3NC(=O)N[C@@H]3CS2(=O)=O)c1. The number of carbonyl (C=O) groups is 2. The van der Waals surface area contributed by atoms with Crippen LogP contribution >= 0.6 is 0 Å². The van der Waals surface area contributed by atoms with Gasteiger partial charge in [-0.15, -0.1) is 0 Å². The molecule has 0 aliphatic carbocycles. The number of benzene rings is 1. The van der Waals surface area contributed by atoms with Gasteiger partial charge < -0.3 is 16.0 Å². The third kappa shape index (κ3) is 4.12. The highest BCUT2D eigenvalue weighted by atomic mass is 32.2. The quantitative estimate of drug-likeness (QED) is 0.523. The molecule has 3 atom stereocenters. The van der Waals surface area contributed by atoms with E-state index >= 15 is 0 Å². The first-order valence-electron chi connectivity index (χ1n) is 8.50. The molecule has 8 heteroatoms. The average Bonchev–Trinajstić information content (AvgIpc) is 2.96. The number of unbranched alkanes of at least 4 members (excludes halogenated alkanes) is 1. The third-order valence-corrected chi connectivity index (χ3v) is 7.04. The first-order valence-corrected chi connectivity index (χ1v) is 10.2. The second-order valence-corrected chi connectivity index (χ2v) is 9.05. The predicted molar refractivity (Wildman–Crippen MR) is 95.1 cm³/mol. The average molecular weight is 365 g/mol. The van der Waals surface area contributed by atoms with Crippen LogP contribution in [0.5, 0.6) is 0 Å². The van der Waals surface area contributed by atoms with Gasteiger partial charge in [0.1, 0.15) is 0 Å². The van der Waals surface area contributed by atoms with Gasteiger partial charge in [-0.05, 0) is 37.5 Å². The largest absolute Gasteiger partial charge is 0.332 e. The van der Waals surface area contributed by atoms with Gasteiger partial charge in [0.25, 0.3) is 0 Å². The fourth-order valence-corrected chi connectivity index (χ4v) is 5.85. The smallest absolute Gasteiger partial charge is 0.315 e. The zero-order valence-electron chi connectivity index (χ0n) is 14.1. The van der Waals surface area contributed by atoms with E-state index in [9.17, 15) is 18.0 Å². The van der Waals surface area contributed by atoms with Crippen molar-refractivity contribution >= 4 is 27.5 Å². The summed E-state index contributed by atoms with van der Waals surface area (Å²) in [6.07, 6.45) is 2.05. The van der Waals surface area contributed by atoms with E-state index in [1.165, 1.54) is 0 Å². The van der Waals surface area contributed by atoms with Gasteiger partial charge in [0.05, 0.1) is 23.1 Å². The molecule has 3 rings (SSSR count). The Hall–Kier alpha value is -2.09. The molecule has 0 saturated carbocycles. The molecule has 136 valence electrons. The van der Waals surface area contributed by atoms with Crippen LogP contribution in [0, 0.1) is 6.92 Å². The summed E-state index contributed by atoms with van der Waals surface area (Å²) in [6.45, 7) is 1.96. The molecule has 2 fully saturated rings. The van der Waals surface area contributed by atoms with Crippen LogP contribution < -0.4 is 16.0 Å². The van der Waals surface area contributed by atoms with Crippen LogP contribution in [0.15, 0.2) is 24.3 Å². The number of anilines is 1. The van der Waals surface area contributed by atoms with Gasteiger partial charge in [-0.2, -0.15) is 0 Å². The molecule has 7 nitrogen and oxygen atoms in total. The summed E-state index contributed by atoms with van der Waals surface area (Å²) in [4.78, 5) is 23.3. The molecule has 25 heavy (non-hydrogen) atoms. The topological polar surface area (TPSA) is 104 Å². The highest BCUT2D eigenvalue weighted by Gasteiger charge is 2.51. The molecule has 3 amide bonds.